The quantitative estimate of drug-likeness (QED) is 0.796. The minimum Gasteiger partial charge on any atom is -0.497 e. The van der Waals surface area contributed by atoms with E-state index in [4.69, 9.17) is 16.3 Å². The molecule has 0 saturated heterocycles. The van der Waals surface area contributed by atoms with E-state index in [1.54, 1.807) is 25.3 Å². The van der Waals surface area contributed by atoms with E-state index in [2.05, 4.69) is 42.0 Å². The van der Waals surface area contributed by atoms with Gasteiger partial charge in [0.2, 0.25) is 0 Å². The molecule has 1 N–H and O–H groups in total. The van der Waals surface area contributed by atoms with Crippen LogP contribution in [0.4, 0.5) is 0 Å². The predicted octanol–water partition coefficient (Wildman–Crippen LogP) is 4.23. The fourth-order valence-electron chi connectivity index (χ4n) is 1.87. The molecule has 0 aliphatic rings. The van der Waals surface area contributed by atoms with Crippen LogP contribution in [0.3, 0.4) is 0 Å². The Hall–Kier alpha value is -0.740. The minimum atomic E-state index is -0.124. The minimum absolute atomic E-state index is 0.0191. The van der Waals surface area contributed by atoms with Gasteiger partial charge in [0.05, 0.1) is 12.7 Å². The van der Waals surface area contributed by atoms with Crippen molar-refractivity contribution < 1.29 is 9.53 Å². The standard InChI is InChI=1S/C15H21BrClNO2/c1-15(2,3)13(7-8-17)18-14(19)11-9-10(20-4)5-6-12(11)16/h5-6,9,13H,7-8H2,1-4H3,(H,18,19). The summed E-state index contributed by atoms with van der Waals surface area (Å²) in [5.74, 6) is 1.05. The monoisotopic (exact) mass is 361 g/mol. The van der Waals surface area contributed by atoms with E-state index in [1.165, 1.54) is 0 Å². The molecule has 1 unspecified atom stereocenters. The Bertz CT molecular complexity index is 471. The summed E-state index contributed by atoms with van der Waals surface area (Å²) in [7, 11) is 1.58. The summed E-state index contributed by atoms with van der Waals surface area (Å²) < 4.78 is 5.90. The molecular formula is C15H21BrClNO2. The molecule has 1 aromatic carbocycles. The maximum atomic E-state index is 12.4. The van der Waals surface area contributed by atoms with Crippen molar-refractivity contribution in [1.29, 1.82) is 0 Å². The Balaban J connectivity index is 2.94. The third-order valence-electron chi connectivity index (χ3n) is 3.17. The van der Waals surface area contributed by atoms with Crippen molar-refractivity contribution in [2.75, 3.05) is 13.0 Å². The molecule has 0 fully saturated rings. The third kappa shape index (κ3) is 4.67. The zero-order valence-electron chi connectivity index (χ0n) is 12.3. The van der Waals surface area contributed by atoms with Crippen molar-refractivity contribution in [3.63, 3.8) is 0 Å². The first-order valence-electron chi connectivity index (χ1n) is 6.50. The highest BCUT2D eigenvalue weighted by molar-refractivity contribution is 9.10. The number of methoxy groups -OCH3 is 1. The lowest BCUT2D eigenvalue weighted by Crippen LogP contribution is -2.44. The maximum Gasteiger partial charge on any atom is 0.252 e. The highest BCUT2D eigenvalue weighted by Crippen LogP contribution is 2.25. The Labute approximate surface area is 134 Å². The summed E-state index contributed by atoms with van der Waals surface area (Å²) in [5, 5.41) is 3.06. The van der Waals surface area contributed by atoms with E-state index in [9.17, 15) is 4.79 Å². The second-order valence-corrected chi connectivity index (χ2v) is 6.95. The van der Waals surface area contributed by atoms with Crippen molar-refractivity contribution in [2.45, 2.75) is 33.2 Å². The first kappa shape index (κ1) is 17.3. The Morgan fingerprint density at radius 1 is 1.45 bits per heavy atom. The molecule has 3 nitrogen and oxygen atoms in total. The molecule has 20 heavy (non-hydrogen) atoms. The van der Waals surface area contributed by atoms with Crippen molar-refractivity contribution in [2.24, 2.45) is 5.41 Å². The number of rotatable bonds is 5. The number of hydrogen-bond donors (Lipinski definition) is 1. The molecule has 0 bridgehead atoms. The molecule has 1 atom stereocenters. The van der Waals surface area contributed by atoms with Crippen LogP contribution in [0.1, 0.15) is 37.6 Å². The van der Waals surface area contributed by atoms with Crippen LogP contribution in [0.2, 0.25) is 0 Å². The van der Waals surface area contributed by atoms with Crippen LogP contribution in [-0.2, 0) is 0 Å². The van der Waals surface area contributed by atoms with Crippen molar-refractivity contribution in [3.8, 4) is 5.75 Å². The lowest BCUT2D eigenvalue weighted by Gasteiger charge is -2.31. The number of ether oxygens (including phenoxy) is 1. The summed E-state index contributed by atoms with van der Waals surface area (Å²) in [6.45, 7) is 6.27. The van der Waals surface area contributed by atoms with E-state index in [-0.39, 0.29) is 17.4 Å². The van der Waals surface area contributed by atoms with Gasteiger partial charge in [-0.2, -0.15) is 0 Å². The van der Waals surface area contributed by atoms with Gasteiger partial charge in [-0.15, -0.1) is 11.6 Å². The zero-order valence-corrected chi connectivity index (χ0v) is 14.6. The molecule has 5 heteroatoms. The molecule has 0 spiro atoms. The number of benzene rings is 1. The lowest BCUT2D eigenvalue weighted by atomic mass is 9.85. The molecule has 112 valence electrons. The predicted molar refractivity (Wildman–Crippen MR) is 86.7 cm³/mol. The van der Waals surface area contributed by atoms with Crippen LogP contribution in [0.5, 0.6) is 5.75 Å². The normalized spacial score (nSPS) is 12.9. The van der Waals surface area contributed by atoms with Gasteiger partial charge < -0.3 is 10.1 Å². The first-order valence-corrected chi connectivity index (χ1v) is 7.82. The molecule has 0 aliphatic heterocycles. The van der Waals surface area contributed by atoms with Gasteiger partial charge in [0.15, 0.2) is 0 Å². The smallest absolute Gasteiger partial charge is 0.252 e. The molecular weight excluding hydrogens is 342 g/mol. The Kier molecular flexibility index (Phi) is 6.34. The summed E-state index contributed by atoms with van der Waals surface area (Å²) >= 11 is 9.23. The summed E-state index contributed by atoms with van der Waals surface area (Å²) in [6.07, 6.45) is 0.735. The number of carbonyl (C=O) groups excluding carboxylic acids is 1. The van der Waals surface area contributed by atoms with E-state index >= 15 is 0 Å². The zero-order chi connectivity index (χ0) is 15.3. The van der Waals surface area contributed by atoms with Crippen LogP contribution >= 0.6 is 27.5 Å². The van der Waals surface area contributed by atoms with Crippen LogP contribution in [-0.4, -0.2) is 24.9 Å². The van der Waals surface area contributed by atoms with Gasteiger partial charge in [-0.05, 0) is 46.0 Å². The summed E-state index contributed by atoms with van der Waals surface area (Å²) in [6, 6.07) is 5.35. The Morgan fingerprint density at radius 3 is 2.60 bits per heavy atom. The lowest BCUT2D eigenvalue weighted by molar-refractivity contribution is 0.0899. The molecule has 1 aromatic rings. The topological polar surface area (TPSA) is 38.3 Å². The number of nitrogens with one attached hydrogen (secondary N) is 1. The molecule has 0 heterocycles. The van der Waals surface area contributed by atoms with E-state index < -0.39 is 0 Å². The van der Waals surface area contributed by atoms with Gasteiger partial charge in [0, 0.05) is 16.4 Å². The molecule has 0 radical (unpaired) electrons. The van der Waals surface area contributed by atoms with Gasteiger partial charge in [-0.3, -0.25) is 4.79 Å². The van der Waals surface area contributed by atoms with Crippen molar-refractivity contribution >= 4 is 33.4 Å². The summed E-state index contributed by atoms with van der Waals surface area (Å²) in [4.78, 5) is 12.4. The van der Waals surface area contributed by atoms with E-state index in [1.807, 2.05) is 0 Å². The number of alkyl halides is 1. The molecule has 0 saturated carbocycles. The molecule has 1 amide bonds. The van der Waals surface area contributed by atoms with Gasteiger partial charge in [0.1, 0.15) is 5.75 Å². The fraction of sp³-hybridized carbons (Fsp3) is 0.533. The maximum absolute atomic E-state index is 12.4. The van der Waals surface area contributed by atoms with E-state index in [0.29, 0.717) is 17.2 Å². The van der Waals surface area contributed by atoms with Crippen molar-refractivity contribution in [1.82, 2.24) is 5.32 Å². The highest BCUT2D eigenvalue weighted by Gasteiger charge is 2.26. The molecule has 0 aliphatic carbocycles. The van der Waals surface area contributed by atoms with Gasteiger partial charge >= 0.3 is 0 Å². The van der Waals surface area contributed by atoms with Gasteiger partial charge in [-0.1, -0.05) is 20.8 Å². The van der Waals surface area contributed by atoms with Crippen LogP contribution < -0.4 is 10.1 Å². The largest absolute Gasteiger partial charge is 0.497 e. The Morgan fingerprint density at radius 2 is 2.10 bits per heavy atom. The second-order valence-electron chi connectivity index (χ2n) is 5.72. The number of hydrogen-bond acceptors (Lipinski definition) is 2. The fourth-order valence-corrected chi connectivity index (χ4v) is 2.52. The number of halogens is 2. The average Bonchev–Trinajstić information content (AvgIpc) is 2.37. The molecule has 1 rings (SSSR count). The average molecular weight is 363 g/mol. The number of amides is 1. The molecule has 0 aromatic heterocycles. The first-order chi connectivity index (χ1) is 9.29. The van der Waals surface area contributed by atoms with Gasteiger partial charge in [0.25, 0.3) is 5.91 Å². The van der Waals surface area contributed by atoms with Crippen LogP contribution in [0.15, 0.2) is 22.7 Å². The highest BCUT2D eigenvalue weighted by atomic mass is 79.9. The number of carbonyl (C=O) groups is 1. The van der Waals surface area contributed by atoms with Crippen LogP contribution in [0, 0.1) is 5.41 Å². The van der Waals surface area contributed by atoms with Crippen LogP contribution in [0.25, 0.3) is 0 Å². The second kappa shape index (κ2) is 7.32. The van der Waals surface area contributed by atoms with Gasteiger partial charge in [-0.25, -0.2) is 0 Å². The van der Waals surface area contributed by atoms with E-state index in [0.717, 1.165) is 10.9 Å². The summed E-state index contributed by atoms with van der Waals surface area (Å²) in [5.41, 5.74) is 0.517. The third-order valence-corrected chi connectivity index (χ3v) is 4.08. The van der Waals surface area contributed by atoms with Crippen molar-refractivity contribution in [3.05, 3.63) is 28.2 Å². The SMILES string of the molecule is COc1ccc(Br)c(C(=O)NC(CCCl)C(C)(C)C)c1.